The van der Waals surface area contributed by atoms with Crippen LogP contribution in [0.2, 0.25) is 0 Å². The van der Waals surface area contributed by atoms with Gasteiger partial charge < -0.3 is 14.4 Å². The van der Waals surface area contributed by atoms with Gasteiger partial charge in [0.2, 0.25) is 11.5 Å². The number of nitrogens with one attached hydrogen (secondary N) is 1. The average Bonchev–Trinajstić information content (AvgIpc) is 3.32. The summed E-state index contributed by atoms with van der Waals surface area (Å²) in [7, 11) is 0. The number of rotatable bonds is 3. The molecule has 0 bridgehead atoms. The third-order valence-corrected chi connectivity index (χ3v) is 4.57. The van der Waals surface area contributed by atoms with E-state index < -0.39 is 0 Å². The highest BCUT2D eigenvalue weighted by Crippen LogP contribution is 2.34. The third-order valence-electron chi connectivity index (χ3n) is 4.57. The molecule has 0 unspecified atom stereocenters. The highest BCUT2D eigenvalue weighted by Gasteiger charge is 2.35. The minimum atomic E-state index is -0.166. The zero-order chi connectivity index (χ0) is 15.8. The van der Waals surface area contributed by atoms with Crippen molar-refractivity contribution in [3.8, 4) is 11.5 Å². The third kappa shape index (κ3) is 2.91. The second-order valence-corrected chi connectivity index (χ2v) is 6.27. The molecular formula is C16H18N4O3. The summed E-state index contributed by atoms with van der Waals surface area (Å²) in [5, 5.41) is 4.07. The van der Waals surface area contributed by atoms with Gasteiger partial charge in [0.15, 0.2) is 5.82 Å². The lowest BCUT2D eigenvalue weighted by Crippen LogP contribution is -2.38. The number of likely N-dealkylation sites (tertiary alicyclic amines) is 1. The van der Waals surface area contributed by atoms with Gasteiger partial charge in [-0.15, -0.1) is 0 Å². The first-order chi connectivity index (χ1) is 11.2. The number of H-pyrrole nitrogens is 1. The minimum absolute atomic E-state index is 0.166. The fourth-order valence-electron chi connectivity index (χ4n) is 3.01. The molecule has 2 aromatic rings. The molecular weight excluding hydrogens is 296 g/mol. The van der Waals surface area contributed by atoms with E-state index in [1.54, 1.807) is 12.3 Å². The molecule has 2 aromatic heterocycles. The Morgan fingerprint density at radius 1 is 1.22 bits per heavy atom. The fourth-order valence-corrected chi connectivity index (χ4v) is 3.01. The van der Waals surface area contributed by atoms with E-state index in [-0.39, 0.29) is 17.4 Å². The van der Waals surface area contributed by atoms with Gasteiger partial charge in [-0.3, -0.25) is 9.59 Å². The van der Waals surface area contributed by atoms with Crippen molar-refractivity contribution < 1.29 is 9.32 Å². The predicted molar refractivity (Wildman–Crippen MR) is 81.6 cm³/mol. The number of pyridine rings is 1. The van der Waals surface area contributed by atoms with Crippen LogP contribution in [0.3, 0.4) is 0 Å². The van der Waals surface area contributed by atoms with E-state index in [4.69, 9.17) is 4.52 Å². The van der Waals surface area contributed by atoms with Crippen LogP contribution in [0.15, 0.2) is 27.6 Å². The molecule has 7 heteroatoms. The van der Waals surface area contributed by atoms with E-state index in [9.17, 15) is 9.59 Å². The molecule has 0 radical (unpaired) electrons. The summed E-state index contributed by atoms with van der Waals surface area (Å²) in [5.41, 5.74) is 0.533. The number of hydrogen-bond donors (Lipinski definition) is 1. The molecule has 120 valence electrons. The summed E-state index contributed by atoms with van der Waals surface area (Å²) in [5.74, 6) is 1.91. The van der Waals surface area contributed by atoms with Crippen LogP contribution in [-0.4, -0.2) is 39.0 Å². The van der Waals surface area contributed by atoms with Crippen LogP contribution in [0.5, 0.6) is 0 Å². The second-order valence-electron chi connectivity index (χ2n) is 6.27. The molecule has 7 nitrogen and oxygen atoms in total. The molecule has 1 aliphatic carbocycles. The summed E-state index contributed by atoms with van der Waals surface area (Å²) < 4.78 is 5.30. The number of carbonyl (C=O) groups is 1. The van der Waals surface area contributed by atoms with E-state index >= 15 is 0 Å². The van der Waals surface area contributed by atoms with Crippen LogP contribution < -0.4 is 5.56 Å². The summed E-state index contributed by atoms with van der Waals surface area (Å²) in [6.45, 7) is 1.53. The maximum Gasteiger partial charge on any atom is 0.259 e. The van der Waals surface area contributed by atoms with Gasteiger partial charge in [0.25, 0.3) is 5.89 Å². The summed E-state index contributed by atoms with van der Waals surface area (Å²) >= 11 is 0. The molecule has 3 heterocycles. The highest BCUT2D eigenvalue weighted by atomic mass is 16.5. The van der Waals surface area contributed by atoms with Crippen LogP contribution in [0.4, 0.5) is 0 Å². The van der Waals surface area contributed by atoms with Gasteiger partial charge in [0.05, 0.1) is 5.56 Å². The predicted octanol–water partition coefficient (Wildman–Crippen LogP) is 1.54. The summed E-state index contributed by atoms with van der Waals surface area (Å²) in [4.78, 5) is 32.2. The van der Waals surface area contributed by atoms with Gasteiger partial charge in [-0.05, 0) is 31.7 Å². The Balaban J connectivity index is 1.42. The molecule has 1 aliphatic heterocycles. The molecule has 1 saturated heterocycles. The number of hydrogen-bond acceptors (Lipinski definition) is 5. The zero-order valence-corrected chi connectivity index (χ0v) is 12.7. The standard InChI is InChI=1S/C16H18N4O3/c21-13-4-3-12(9-17-13)15-18-14(19-23-15)10-5-7-20(8-6-10)16(22)11-1-2-11/h3-4,9-11H,1-2,5-8H2,(H,17,21). The first kappa shape index (κ1) is 14.2. The van der Waals surface area contributed by atoms with Crippen molar-refractivity contribution in [2.45, 2.75) is 31.6 Å². The maximum atomic E-state index is 12.1. The number of aromatic amines is 1. The van der Waals surface area contributed by atoms with Crippen molar-refractivity contribution in [1.29, 1.82) is 0 Å². The second kappa shape index (κ2) is 5.64. The Morgan fingerprint density at radius 2 is 2.00 bits per heavy atom. The highest BCUT2D eigenvalue weighted by molar-refractivity contribution is 5.81. The summed E-state index contributed by atoms with van der Waals surface area (Å²) in [6.07, 6.45) is 5.39. The number of amides is 1. The molecule has 2 fully saturated rings. The molecule has 23 heavy (non-hydrogen) atoms. The maximum absolute atomic E-state index is 12.1. The molecule has 1 amide bonds. The lowest BCUT2D eigenvalue weighted by atomic mass is 9.96. The quantitative estimate of drug-likeness (QED) is 0.927. The van der Waals surface area contributed by atoms with Crippen molar-refractivity contribution in [3.05, 3.63) is 34.5 Å². The van der Waals surface area contributed by atoms with Gasteiger partial charge in [0, 0.05) is 37.2 Å². The van der Waals surface area contributed by atoms with Crippen molar-refractivity contribution in [1.82, 2.24) is 20.0 Å². The molecule has 0 spiro atoms. The molecule has 1 saturated carbocycles. The number of piperidine rings is 1. The average molecular weight is 314 g/mol. The first-order valence-electron chi connectivity index (χ1n) is 8.02. The van der Waals surface area contributed by atoms with Gasteiger partial charge in [-0.1, -0.05) is 5.16 Å². The number of aromatic nitrogens is 3. The van der Waals surface area contributed by atoms with Crippen molar-refractivity contribution in [2.75, 3.05) is 13.1 Å². The van der Waals surface area contributed by atoms with E-state index in [1.165, 1.54) is 6.07 Å². The number of carbonyl (C=O) groups excluding carboxylic acids is 1. The van der Waals surface area contributed by atoms with Crippen LogP contribution in [0, 0.1) is 5.92 Å². The largest absolute Gasteiger partial charge is 0.342 e. The molecule has 0 aromatic carbocycles. The van der Waals surface area contributed by atoms with Gasteiger partial charge >= 0.3 is 0 Å². The molecule has 4 rings (SSSR count). The Kier molecular flexibility index (Phi) is 3.48. The Bertz CT molecular complexity index is 749. The van der Waals surface area contributed by atoms with Crippen LogP contribution in [0.1, 0.15) is 37.4 Å². The van der Waals surface area contributed by atoms with Crippen molar-refractivity contribution >= 4 is 5.91 Å². The number of nitrogens with zero attached hydrogens (tertiary/aromatic N) is 3. The Hall–Kier alpha value is -2.44. The SMILES string of the molecule is O=C(C1CC1)N1CCC(c2noc(-c3ccc(=O)[nH]c3)n2)CC1. The molecule has 1 N–H and O–H groups in total. The minimum Gasteiger partial charge on any atom is -0.342 e. The lowest BCUT2D eigenvalue weighted by molar-refractivity contribution is -0.133. The van der Waals surface area contributed by atoms with Gasteiger partial charge in [-0.2, -0.15) is 4.98 Å². The fraction of sp³-hybridized carbons (Fsp3) is 0.500. The topological polar surface area (TPSA) is 92.1 Å². The normalized spacial score (nSPS) is 19.0. The van der Waals surface area contributed by atoms with Gasteiger partial charge in [-0.25, -0.2) is 0 Å². The molecule has 0 atom stereocenters. The van der Waals surface area contributed by atoms with Crippen LogP contribution in [0.25, 0.3) is 11.5 Å². The lowest BCUT2D eigenvalue weighted by Gasteiger charge is -2.30. The van der Waals surface area contributed by atoms with E-state index in [0.717, 1.165) is 38.8 Å². The zero-order valence-electron chi connectivity index (χ0n) is 12.7. The van der Waals surface area contributed by atoms with E-state index in [2.05, 4.69) is 15.1 Å². The molecule has 2 aliphatic rings. The van der Waals surface area contributed by atoms with Crippen molar-refractivity contribution in [3.63, 3.8) is 0 Å². The Morgan fingerprint density at radius 3 is 2.65 bits per heavy atom. The van der Waals surface area contributed by atoms with Crippen LogP contribution >= 0.6 is 0 Å². The Labute approximate surface area is 132 Å². The van der Waals surface area contributed by atoms with Gasteiger partial charge in [0.1, 0.15) is 0 Å². The monoisotopic (exact) mass is 314 g/mol. The summed E-state index contributed by atoms with van der Waals surface area (Å²) in [6, 6.07) is 3.09. The first-order valence-corrected chi connectivity index (χ1v) is 8.02. The van der Waals surface area contributed by atoms with E-state index in [0.29, 0.717) is 23.2 Å². The smallest absolute Gasteiger partial charge is 0.259 e. The van der Waals surface area contributed by atoms with E-state index in [1.807, 2.05) is 4.90 Å². The van der Waals surface area contributed by atoms with Crippen LogP contribution in [-0.2, 0) is 4.79 Å². The van der Waals surface area contributed by atoms with Crippen molar-refractivity contribution in [2.24, 2.45) is 5.92 Å².